The average molecular weight is 189 g/mol. The van der Waals surface area contributed by atoms with Crippen molar-refractivity contribution in [3.8, 4) is 0 Å². The largest absolute Gasteiger partial charge is 0.466 e. The van der Waals surface area contributed by atoms with Gasteiger partial charge in [-0.2, -0.15) is 0 Å². The number of thioether (sulfide) groups is 1. The summed E-state index contributed by atoms with van der Waals surface area (Å²) in [6.07, 6.45) is 0.489. The first kappa shape index (κ1) is 9.86. The second-order valence-electron chi connectivity index (χ2n) is 2.85. The third kappa shape index (κ3) is 3.03. The van der Waals surface area contributed by atoms with Crippen molar-refractivity contribution in [2.45, 2.75) is 30.9 Å². The summed E-state index contributed by atoms with van der Waals surface area (Å²) in [4.78, 5) is 11.0. The van der Waals surface area contributed by atoms with Gasteiger partial charge in [0.05, 0.1) is 18.4 Å². The molecule has 2 unspecified atom stereocenters. The standard InChI is InChI=1S/C8H15NO2S/c1-3-11-8(10)4-7-9-5-6(2)12-7/h6-7,9H,3-5H2,1-2H3. The quantitative estimate of drug-likeness (QED) is 0.672. The minimum absolute atomic E-state index is 0.100. The van der Waals surface area contributed by atoms with E-state index in [9.17, 15) is 4.79 Å². The molecule has 1 N–H and O–H groups in total. The number of hydrogen-bond acceptors (Lipinski definition) is 4. The van der Waals surface area contributed by atoms with Gasteiger partial charge >= 0.3 is 5.97 Å². The molecule has 3 nitrogen and oxygen atoms in total. The molecule has 1 heterocycles. The second kappa shape index (κ2) is 4.72. The summed E-state index contributed by atoms with van der Waals surface area (Å²) in [5.74, 6) is -0.100. The Morgan fingerprint density at radius 2 is 2.50 bits per heavy atom. The molecule has 1 fully saturated rings. The van der Waals surface area contributed by atoms with Gasteiger partial charge in [-0.15, -0.1) is 11.8 Å². The summed E-state index contributed by atoms with van der Waals surface area (Å²) >= 11 is 1.81. The van der Waals surface area contributed by atoms with E-state index in [2.05, 4.69) is 12.2 Å². The van der Waals surface area contributed by atoms with E-state index in [0.29, 0.717) is 18.3 Å². The van der Waals surface area contributed by atoms with Gasteiger partial charge in [-0.3, -0.25) is 4.79 Å². The van der Waals surface area contributed by atoms with Crippen molar-refractivity contribution in [2.24, 2.45) is 0 Å². The molecule has 0 saturated carbocycles. The lowest BCUT2D eigenvalue weighted by Gasteiger charge is -2.07. The van der Waals surface area contributed by atoms with Crippen LogP contribution >= 0.6 is 11.8 Å². The topological polar surface area (TPSA) is 38.3 Å². The zero-order chi connectivity index (χ0) is 8.97. The summed E-state index contributed by atoms with van der Waals surface area (Å²) in [7, 11) is 0. The van der Waals surface area contributed by atoms with Crippen LogP contribution in [-0.4, -0.2) is 29.7 Å². The minimum atomic E-state index is -0.100. The van der Waals surface area contributed by atoms with Crippen LogP contribution in [0.4, 0.5) is 0 Å². The molecule has 0 amide bonds. The average Bonchev–Trinajstić information content (AvgIpc) is 2.36. The van der Waals surface area contributed by atoms with E-state index < -0.39 is 0 Å². The van der Waals surface area contributed by atoms with Crippen molar-refractivity contribution < 1.29 is 9.53 Å². The molecule has 1 saturated heterocycles. The highest BCUT2D eigenvalue weighted by Gasteiger charge is 2.23. The Bertz CT molecular complexity index is 163. The molecule has 0 bridgehead atoms. The fourth-order valence-corrected chi connectivity index (χ4v) is 2.34. The van der Waals surface area contributed by atoms with Crippen LogP contribution in [0.5, 0.6) is 0 Å². The molecule has 70 valence electrons. The van der Waals surface area contributed by atoms with Crippen molar-refractivity contribution in [2.75, 3.05) is 13.2 Å². The van der Waals surface area contributed by atoms with Crippen LogP contribution in [0.15, 0.2) is 0 Å². The molecule has 0 aromatic rings. The second-order valence-corrected chi connectivity index (χ2v) is 4.50. The Hall–Kier alpha value is -0.220. The number of ether oxygens (including phenoxy) is 1. The molecular formula is C8H15NO2S. The van der Waals surface area contributed by atoms with E-state index in [-0.39, 0.29) is 11.3 Å². The zero-order valence-electron chi connectivity index (χ0n) is 7.50. The Morgan fingerprint density at radius 3 is 3.00 bits per heavy atom. The first-order chi connectivity index (χ1) is 5.72. The van der Waals surface area contributed by atoms with Gasteiger partial charge in [-0.1, -0.05) is 6.92 Å². The van der Waals surface area contributed by atoms with Gasteiger partial charge in [-0.25, -0.2) is 0 Å². The van der Waals surface area contributed by atoms with Crippen molar-refractivity contribution in [3.63, 3.8) is 0 Å². The smallest absolute Gasteiger partial charge is 0.308 e. The first-order valence-corrected chi connectivity index (χ1v) is 5.21. The van der Waals surface area contributed by atoms with Crippen LogP contribution < -0.4 is 5.32 Å². The molecule has 0 aromatic carbocycles. The lowest BCUT2D eigenvalue weighted by Crippen LogP contribution is -2.24. The van der Waals surface area contributed by atoms with Crippen molar-refractivity contribution in [1.82, 2.24) is 5.32 Å². The molecule has 0 aromatic heterocycles. The molecule has 12 heavy (non-hydrogen) atoms. The van der Waals surface area contributed by atoms with Gasteiger partial charge in [0.25, 0.3) is 0 Å². The third-order valence-corrected chi connectivity index (χ3v) is 2.98. The van der Waals surface area contributed by atoms with Gasteiger partial charge in [0, 0.05) is 11.8 Å². The lowest BCUT2D eigenvalue weighted by molar-refractivity contribution is -0.143. The number of rotatable bonds is 3. The van der Waals surface area contributed by atoms with Gasteiger partial charge in [0.15, 0.2) is 0 Å². The molecule has 0 spiro atoms. The van der Waals surface area contributed by atoms with Crippen LogP contribution in [0, 0.1) is 0 Å². The van der Waals surface area contributed by atoms with Gasteiger partial charge in [-0.05, 0) is 6.92 Å². The number of carbonyl (C=O) groups excluding carboxylic acids is 1. The van der Waals surface area contributed by atoms with Crippen molar-refractivity contribution >= 4 is 17.7 Å². The molecule has 4 heteroatoms. The summed E-state index contributed by atoms with van der Waals surface area (Å²) < 4.78 is 4.85. The summed E-state index contributed by atoms with van der Waals surface area (Å²) in [5.41, 5.74) is 0. The lowest BCUT2D eigenvalue weighted by atomic mass is 10.4. The maximum atomic E-state index is 11.0. The SMILES string of the molecule is CCOC(=O)CC1NCC(C)S1. The Morgan fingerprint density at radius 1 is 1.75 bits per heavy atom. The maximum Gasteiger partial charge on any atom is 0.308 e. The number of carbonyl (C=O) groups is 1. The Kier molecular flexibility index (Phi) is 3.88. The first-order valence-electron chi connectivity index (χ1n) is 4.27. The highest BCUT2D eigenvalue weighted by atomic mass is 32.2. The van der Waals surface area contributed by atoms with E-state index in [1.807, 2.05) is 18.7 Å². The highest BCUT2D eigenvalue weighted by molar-refractivity contribution is 8.00. The fourth-order valence-electron chi connectivity index (χ4n) is 1.17. The fraction of sp³-hybridized carbons (Fsp3) is 0.875. The van der Waals surface area contributed by atoms with E-state index in [4.69, 9.17) is 4.74 Å². The molecular weight excluding hydrogens is 174 g/mol. The van der Waals surface area contributed by atoms with E-state index >= 15 is 0 Å². The third-order valence-electron chi connectivity index (χ3n) is 1.69. The van der Waals surface area contributed by atoms with Crippen LogP contribution in [0.2, 0.25) is 0 Å². The van der Waals surface area contributed by atoms with E-state index in [0.717, 1.165) is 6.54 Å². The van der Waals surface area contributed by atoms with Crippen LogP contribution in [-0.2, 0) is 9.53 Å². The molecule has 0 radical (unpaired) electrons. The number of nitrogens with one attached hydrogen (secondary N) is 1. The van der Waals surface area contributed by atoms with Crippen LogP contribution in [0.1, 0.15) is 20.3 Å². The maximum absolute atomic E-state index is 11.0. The zero-order valence-corrected chi connectivity index (χ0v) is 8.32. The Balaban J connectivity index is 2.18. The van der Waals surface area contributed by atoms with Crippen molar-refractivity contribution in [1.29, 1.82) is 0 Å². The highest BCUT2D eigenvalue weighted by Crippen LogP contribution is 2.24. The summed E-state index contributed by atoms with van der Waals surface area (Å²) in [6, 6.07) is 0. The number of hydrogen-bond donors (Lipinski definition) is 1. The van der Waals surface area contributed by atoms with Crippen LogP contribution in [0.3, 0.4) is 0 Å². The molecule has 1 aliphatic heterocycles. The molecule has 0 aliphatic carbocycles. The summed E-state index contributed by atoms with van der Waals surface area (Å²) in [5, 5.41) is 4.14. The molecule has 2 atom stereocenters. The Labute approximate surface area is 77.2 Å². The minimum Gasteiger partial charge on any atom is -0.466 e. The van der Waals surface area contributed by atoms with E-state index in [1.165, 1.54) is 0 Å². The number of esters is 1. The monoisotopic (exact) mass is 189 g/mol. The molecule has 1 aliphatic rings. The predicted octanol–water partition coefficient (Wildman–Crippen LogP) is 0.991. The van der Waals surface area contributed by atoms with Crippen LogP contribution in [0.25, 0.3) is 0 Å². The van der Waals surface area contributed by atoms with Gasteiger partial charge in [0.2, 0.25) is 0 Å². The van der Waals surface area contributed by atoms with Gasteiger partial charge < -0.3 is 10.1 Å². The summed E-state index contributed by atoms with van der Waals surface area (Å²) in [6.45, 7) is 5.46. The van der Waals surface area contributed by atoms with Gasteiger partial charge in [0.1, 0.15) is 0 Å². The predicted molar refractivity (Wildman–Crippen MR) is 50.1 cm³/mol. The van der Waals surface area contributed by atoms with E-state index in [1.54, 1.807) is 0 Å². The molecule has 1 rings (SSSR count). The normalized spacial score (nSPS) is 28.8. The van der Waals surface area contributed by atoms with Crippen molar-refractivity contribution in [3.05, 3.63) is 0 Å².